The van der Waals surface area contributed by atoms with Gasteiger partial charge in [0, 0.05) is 19.1 Å². The molecular formula is C19H38N2. The fourth-order valence-electron chi connectivity index (χ4n) is 4.05. The van der Waals surface area contributed by atoms with E-state index in [-0.39, 0.29) is 0 Å². The summed E-state index contributed by atoms with van der Waals surface area (Å²) in [4.78, 5) is 2.77. The standard InChI is InChI=1S/C19H38N2/c1-5-11-19(4,14-20-18-8-9-18)15-21-12-6-7-17(10-13-21)16(2)3/h16-18,20H,5-15H2,1-4H3. The highest BCUT2D eigenvalue weighted by Crippen LogP contribution is 2.30. The van der Waals surface area contributed by atoms with Gasteiger partial charge in [-0.2, -0.15) is 0 Å². The van der Waals surface area contributed by atoms with E-state index in [4.69, 9.17) is 0 Å². The molecule has 0 bridgehead atoms. The second-order valence-corrected chi connectivity index (χ2v) is 8.43. The SMILES string of the molecule is CCCC(C)(CNC1CC1)CN1CCCC(C(C)C)CC1. The minimum atomic E-state index is 0.467. The minimum Gasteiger partial charge on any atom is -0.313 e. The van der Waals surface area contributed by atoms with Crippen LogP contribution in [0.3, 0.4) is 0 Å². The lowest BCUT2D eigenvalue weighted by Gasteiger charge is -2.35. The largest absolute Gasteiger partial charge is 0.313 e. The third-order valence-electron chi connectivity index (χ3n) is 5.66. The first kappa shape index (κ1) is 17.3. The van der Waals surface area contributed by atoms with Gasteiger partial charge < -0.3 is 10.2 Å². The van der Waals surface area contributed by atoms with E-state index in [0.717, 1.165) is 17.9 Å². The number of rotatable bonds is 8. The van der Waals surface area contributed by atoms with Gasteiger partial charge in [-0.3, -0.25) is 0 Å². The molecule has 2 fully saturated rings. The van der Waals surface area contributed by atoms with Crippen LogP contribution in [0.5, 0.6) is 0 Å². The number of nitrogens with one attached hydrogen (secondary N) is 1. The highest BCUT2D eigenvalue weighted by molar-refractivity contribution is 4.88. The van der Waals surface area contributed by atoms with Crippen molar-refractivity contribution in [1.29, 1.82) is 0 Å². The maximum Gasteiger partial charge on any atom is 0.00684 e. The Labute approximate surface area is 133 Å². The van der Waals surface area contributed by atoms with E-state index < -0.39 is 0 Å². The Morgan fingerprint density at radius 1 is 1.14 bits per heavy atom. The van der Waals surface area contributed by atoms with Gasteiger partial charge >= 0.3 is 0 Å². The summed E-state index contributed by atoms with van der Waals surface area (Å²) >= 11 is 0. The lowest BCUT2D eigenvalue weighted by molar-refractivity contribution is 0.150. The highest BCUT2D eigenvalue weighted by atomic mass is 15.1. The maximum atomic E-state index is 3.79. The molecule has 0 aromatic heterocycles. The zero-order valence-corrected chi connectivity index (χ0v) is 15.0. The summed E-state index contributed by atoms with van der Waals surface area (Å²) in [5.41, 5.74) is 0.467. The van der Waals surface area contributed by atoms with Crippen LogP contribution in [-0.4, -0.2) is 37.1 Å². The molecular weight excluding hydrogens is 256 g/mol. The van der Waals surface area contributed by atoms with Crippen molar-refractivity contribution in [2.24, 2.45) is 17.3 Å². The Morgan fingerprint density at radius 2 is 1.90 bits per heavy atom. The fraction of sp³-hybridized carbons (Fsp3) is 1.00. The van der Waals surface area contributed by atoms with Crippen LogP contribution in [0.15, 0.2) is 0 Å². The van der Waals surface area contributed by atoms with Crippen molar-refractivity contribution in [3.63, 3.8) is 0 Å². The summed E-state index contributed by atoms with van der Waals surface area (Å²) in [5, 5.41) is 3.79. The van der Waals surface area contributed by atoms with Crippen molar-refractivity contribution in [2.45, 2.75) is 78.7 Å². The number of nitrogens with zero attached hydrogens (tertiary/aromatic N) is 1. The van der Waals surface area contributed by atoms with Gasteiger partial charge in [-0.15, -0.1) is 0 Å². The number of hydrogen-bond acceptors (Lipinski definition) is 2. The molecule has 2 heteroatoms. The molecule has 1 aliphatic heterocycles. The van der Waals surface area contributed by atoms with E-state index in [1.807, 2.05) is 0 Å². The van der Waals surface area contributed by atoms with Crippen molar-refractivity contribution in [3.8, 4) is 0 Å². The van der Waals surface area contributed by atoms with E-state index >= 15 is 0 Å². The van der Waals surface area contributed by atoms with Gasteiger partial charge in [0.25, 0.3) is 0 Å². The smallest absolute Gasteiger partial charge is 0.00684 e. The van der Waals surface area contributed by atoms with Gasteiger partial charge in [0.15, 0.2) is 0 Å². The van der Waals surface area contributed by atoms with E-state index in [2.05, 4.69) is 37.9 Å². The molecule has 0 aromatic carbocycles. The average molecular weight is 295 g/mol. The second-order valence-electron chi connectivity index (χ2n) is 8.43. The summed E-state index contributed by atoms with van der Waals surface area (Å²) in [7, 11) is 0. The van der Waals surface area contributed by atoms with Crippen LogP contribution in [0.4, 0.5) is 0 Å². The minimum absolute atomic E-state index is 0.467. The van der Waals surface area contributed by atoms with Gasteiger partial charge in [-0.25, -0.2) is 0 Å². The molecule has 2 atom stereocenters. The highest BCUT2D eigenvalue weighted by Gasteiger charge is 2.30. The summed E-state index contributed by atoms with van der Waals surface area (Å²) in [6.07, 6.45) is 9.74. The van der Waals surface area contributed by atoms with Crippen LogP contribution in [-0.2, 0) is 0 Å². The van der Waals surface area contributed by atoms with Gasteiger partial charge in [0.05, 0.1) is 0 Å². The van der Waals surface area contributed by atoms with Crippen LogP contribution in [0.2, 0.25) is 0 Å². The van der Waals surface area contributed by atoms with Crippen molar-refractivity contribution in [3.05, 3.63) is 0 Å². The normalized spacial score (nSPS) is 27.6. The van der Waals surface area contributed by atoms with Crippen molar-refractivity contribution >= 4 is 0 Å². The van der Waals surface area contributed by atoms with Crippen molar-refractivity contribution in [2.75, 3.05) is 26.2 Å². The van der Waals surface area contributed by atoms with E-state index in [1.54, 1.807) is 0 Å². The lowest BCUT2D eigenvalue weighted by Crippen LogP contribution is -2.43. The molecule has 21 heavy (non-hydrogen) atoms. The van der Waals surface area contributed by atoms with Crippen LogP contribution < -0.4 is 5.32 Å². The molecule has 2 nitrogen and oxygen atoms in total. The Hall–Kier alpha value is -0.0800. The Bertz CT molecular complexity index is 298. The van der Waals surface area contributed by atoms with Crippen molar-refractivity contribution in [1.82, 2.24) is 10.2 Å². The molecule has 0 aromatic rings. The van der Waals surface area contributed by atoms with Gasteiger partial charge in [-0.05, 0) is 68.9 Å². The van der Waals surface area contributed by atoms with Gasteiger partial charge in [-0.1, -0.05) is 34.1 Å². The lowest BCUT2D eigenvalue weighted by atomic mass is 9.84. The third kappa shape index (κ3) is 5.90. The first-order valence-electron chi connectivity index (χ1n) is 9.48. The Kier molecular flexibility index (Phi) is 6.55. The topological polar surface area (TPSA) is 15.3 Å². The number of likely N-dealkylation sites (tertiary alicyclic amines) is 1. The monoisotopic (exact) mass is 294 g/mol. The van der Waals surface area contributed by atoms with Gasteiger partial charge in [0.2, 0.25) is 0 Å². The predicted molar refractivity (Wildman–Crippen MR) is 92.7 cm³/mol. The average Bonchev–Trinajstić information content (AvgIpc) is 3.24. The molecule has 2 aliphatic rings. The molecule has 0 spiro atoms. The molecule has 2 unspecified atom stereocenters. The van der Waals surface area contributed by atoms with E-state index in [0.29, 0.717) is 5.41 Å². The van der Waals surface area contributed by atoms with Crippen LogP contribution >= 0.6 is 0 Å². The summed E-state index contributed by atoms with van der Waals surface area (Å²) < 4.78 is 0. The van der Waals surface area contributed by atoms with Gasteiger partial charge in [0.1, 0.15) is 0 Å². The van der Waals surface area contributed by atoms with E-state index in [9.17, 15) is 0 Å². The molecule has 1 saturated heterocycles. The molecule has 1 saturated carbocycles. The summed E-state index contributed by atoms with van der Waals surface area (Å²) in [6.45, 7) is 14.8. The molecule has 1 N–H and O–H groups in total. The Morgan fingerprint density at radius 3 is 2.52 bits per heavy atom. The van der Waals surface area contributed by atoms with Crippen LogP contribution in [0, 0.1) is 17.3 Å². The first-order valence-corrected chi connectivity index (χ1v) is 9.48. The number of hydrogen-bond donors (Lipinski definition) is 1. The molecule has 1 heterocycles. The zero-order valence-electron chi connectivity index (χ0n) is 15.0. The maximum absolute atomic E-state index is 3.79. The van der Waals surface area contributed by atoms with Crippen LogP contribution in [0.1, 0.15) is 72.6 Å². The zero-order chi connectivity index (χ0) is 15.3. The predicted octanol–water partition coefficient (Wildman–Crippen LogP) is 4.30. The quantitative estimate of drug-likeness (QED) is 0.718. The molecule has 1 aliphatic carbocycles. The van der Waals surface area contributed by atoms with E-state index in [1.165, 1.54) is 71.1 Å². The summed E-state index contributed by atoms with van der Waals surface area (Å²) in [6, 6.07) is 0.843. The molecule has 0 radical (unpaired) electrons. The molecule has 124 valence electrons. The fourth-order valence-corrected chi connectivity index (χ4v) is 4.05. The second kappa shape index (κ2) is 7.97. The van der Waals surface area contributed by atoms with Crippen LogP contribution in [0.25, 0.3) is 0 Å². The first-order chi connectivity index (χ1) is 10.0. The summed E-state index contributed by atoms with van der Waals surface area (Å²) in [5.74, 6) is 1.82. The Balaban J connectivity index is 1.83. The van der Waals surface area contributed by atoms with Crippen molar-refractivity contribution < 1.29 is 0 Å². The molecule has 2 rings (SSSR count). The third-order valence-corrected chi connectivity index (χ3v) is 5.66. The molecule has 0 amide bonds.